The summed E-state index contributed by atoms with van der Waals surface area (Å²) in [7, 11) is 0. The average Bonchev–Trinajstić information content (AvgIpc) is 2.36. The Morgan fingerprint density at radius 3 is 2.37 bits per heavy atom. The van der Waals surface area contributed by atoms with E-state index in [9.17, 15) is 9.59 Å². The largest absolute Gasteiger partial charge is 0.338 e. The van der Waals surface area contributed by atoms with E-state index in [1.165, 1.54) is 0 Å². The van der Waals surface area contributed by atoms with Gasteiger partial charge in [-0.1, -0.05) is 26.8 Å². The molecule has 0 atom stereocenters. The fraction of sp³-hybridized carbons (Fsp3) is 0.429. The van der Waals surface area contributed by atoms with Crippen LogP contribution in [0.1, 0.15) is 27.2 Å². The Kier molecular flexibility index (Phi) is 5.85. The van der Waals surface area contributed by atoms with Crippen LogP contribution in [0.5, 0.6) is 0 Å². The van der Waals surface area contributed by atoms with Crippen molar-refractivity contribution in [2.24, 2.45) is 5.92 Å². The maximum Gasteiger partial charge on any atom is 0.319 e. The molecular weight excluding hydrogens is 242 g/mol. The van der Waals surface area contributed by atoms with Gasteiger partial charge in [0.15, 0.2) is 0 Å². The Bertz CT molecular complexity index is 444. The molecule has 1 aromatic carbocycles. The maximum absolute atomic E-state index is 11.6. The van der Waals surface area contributed by atoms with Gasteiger partial charge in [0.1, 0.15) is 0 Å². The van der Waals surface area contributed by atoms with E-state index in [0.29, 0.717) is 17.9 Å². The fourth-order valence-electron chi connectivity index (χ4n) is 1.38. The highest BCUT2D eigenvalue weighted by Gasteiger charge is 2.07. The minimum atomic E-state index is -0.241. The molecule has 5 heteroatoms. The minimum Gasteiger partial charge on any atom is -0.338 e. The van der Waals surface area contributed by atoms with Crippen molar-refractivity contribution in [1.29, 1.82) is 0 Å². The Morgan fingerprint density at radius 2 is 1.79 bits per heavy atom. The number of anilines is 2. The van der Waals surface area contributed by atoms with E-state index in [0.717, 1.165) is 6.42 Å². The molecule has 104 valence electrons. The Hall–Kier alpha value is -2.04. The van der Waals surface area contributed by atoms with Gasteiger partial charge in [-0.3, -0.25) is 4.79 Å². The summed E-state index contributed by atoms with van der Waals surface area (Å²) in [5.41, 5.74) is 1.32. The molecule has 0 aliphatic heterocycles. The summed E-state index contributed by atoms with van der Waals surface area (Å²) in [6.07, 6.45) is 0.887. The normalized spacial score (nSPS) is 10.1. The van der Waals surface area contributed by atoms with Gasteiger partial charge in [0.2, 0.25) is 5.91 Å². The van der Waals surface area contributed by atoms with Crippen LogP contribution in [-0.4, -0.2) is 18.5 Å². The van der Waals surface area contributed by atoms with E-state index in [1.54, 1.807) is 24.3 Å². The van der Waals surface area contributed by atoms with Crippen LogP contribution in [0.25, 0.3) is 0 Å². The molecule has 0 aliphatic rings. The SMILES string of the molecule is CCCNC(=O)Nc1cccc(NC(=O)C(C)C)c1. The summed E-state index contributed by atoms with van der Waals surface area (Å²) in [5.74, 6) is -0.128. The van der Waals surface area contributed by atoms with Gasteiger partial charge in [0.05, 0.1) is 0 Å². The molecule has 19 heavy (non-hydrogen) atoms. The van der Waals surface area contributed by atoms with Crippen molar-refractivity contribution < 1.29 is 9.59 Å². The van der Waals surface area contributed by atoms with E-state index in [2.05, 4.69) is 16.0 Å². The van der Waals surface area contributed by atoms with Gasteiger partial charge in [-0.25, -0.2) is 4.79 Å². The van der Waals surface area contributed by atoms with Gasteiger partial charge in [-0.2, -0.15) is 0 Å². The molecule has 3 N–H and O–H groups in total. The summed E-state index contributed by atoms with van der Waals surface area (Å²) >= 11 is 0. The second-order valence-corrected chi connectivity index (χ2v) is 4.61. The first-order chi connectivity index (χ1) is 9.02. The van der Waals surface area contributed by atoms with Crippen molar-refractivity contribution in [3.63, 3.8) is 0 Å². The third-order valence-electron chi connectivity index (χ3n) is 2.45. The lowest BCUT2D eigenvalue weighted by Crippen LogP contribution is -2.29. The third-order valence-corrected chi connectivity index (χ3v) is 2.45. The highest BCUT2D eigenvalue weighted by molar-refractivity contribution is 5.94. The molecule has 0 radical (unpaired) electrons. The zero-order chi connectivity index (χ0) is 14.3. The second-order valence-electron chi connectivity index (χ2n) is 4.61. The molecule has 0 aromatic heterocycles. The fourth-order valence-corrected chi connectivity index (χ4v) is 1.38. The molecule has 1 rings (SSSR count). The number of carbonyl (C=O) groups excluding carboxylic acids is 2. The van der Waals surface area contributed by atoms with Crippen LogP contribution in [0.15, 0.2) is 24.3 Å². The first kappa shape index (κ1) is 15.0. The van der Waals surface area contributed by atoms with Gasteiger partial charge in [-0.15, -0.1) is 0 Å². The van der Waals surface area contributed by atoms with Crippen LogP contribution < -0.4 is 16.0 Å². The van der Waals surface area contributed by atoms with Crippen LogP contribution in [-0.2, 0) is 4.79 Å². The molecule has 0 heterocycles. The van der Waals surface area contributed by atoms with Crippen LogP contribution in [0.3, 0.4) is 0 Å². The predicted molar refractivity (Wildman–Crippen MR) is 77.2 cm³/mol. The number of nitrogens with one attached hydrogen (secondary N) is 3. The lowest BCUT2D eigenvalue weighted by molar-refractivity contribution is -0.118. The zero-order valence-electron chi connectivity index (χ0n) is 11.6. The van der Waals surface area contributed by atoms with Crippen LogP contribution >= 0.6 is 0 Å². The number of urea groups is 1. The summed E-state index contributed by atoms with van der Waals surface area (Å²) in [6, 6.07) is 6.83. The number of carbonyl (C=O) groups is 2. The molecule has 0 saturated heterocycles. The lowest BCUT2D eigenvalue weighted by atomic mass is 10.2. The van der Waals surface area contributed by atoms with Crippen molar-refractivity contribution in [3.8, 4) is 0 Å². The molecule has 0 saturated carbocycles. The zero-order valence-corrected chi connectivity index (χ0v) is 11.6. The smallest absolute Gasteiger partial charge is 0.319 e. The van der Waals surface area contributed by atoms with Gasteiger partial charge in [0, 0.05) is 23.8 Å². The summed E-state index contributed by atoms with van der Waals surface area (Å²) in [5, 5.41) is 8.23. The van der Waals surface area contributed by atoms with E-state index >= 15 is 0 Å². The molecule has 0 aliphatic carbocycles. The summed E-state index contributed by atoms with van der Waals surface area (Å²) in [4.78, 5) is 23.1. The predicted octanol–water partition coefficient (Wildman–Crippen LogP) is 2.81. The number of hydrogen-bond donors (Lipinski definition) is 3. The van der Waals surface area contributed by atoms with Crippen molar-refractivity contribution in [1.82, 2.24) is 5.32 Å². The highest BCUT2D eigenvalue weighted by atomic mass is 16.2. The first-order valence-corrected chi connectivity index (χ1v) is 6.48. The molecule has 0 unspecified atom stereocenters. The highest BCUT2D eigenvalue weighted by Crippen LogP contribution is 2.15. The topological polar surface area (TPSA) is 70.2 Å². The van der Waals surface area contributed by atoms with E-state index in [4.69, 9.17) is 0 Å². The van der Waals surface area contributed by atoms with Gasteiger partial charge >= 0.3 is 6.03 Å². The van der Waals surface area contributed by atoms with Crippen molar-refractivity contribution in [2.45, 2.75) is 27.2 Å². The maximum atomic E-state index is 11.6. The molecule has 0 bridgehead atoms. The van der Waals surface area contributed by atoms with Crippen molar-refractivity contribution in [2.75, 3.05) is 17.2 Å². The van der Waals surface area contributed by atoms with Crippen LogP contribution in [0.2, 0.25) is 0 Å². The second kappa shape index (κ2) is 7.41. The van der Waals surface area contributed by atoms with Gasteiger partial charge in [0.25, 0.3) is 0 Å². The van der Waals surface area contributed by atoms with Crippen LogP contribution in [0.4, 0.5) is 16.2 Å². The molecule has 0 fully saturated rings. The van der Waals surface area contributed by atoms with Crippen LogP contribution in [0, 0.1) is 5.92 Å². The monoisotopic (exact) mass is 263 g/mol. The van der Waals surface area contributed by atoms with E-state index < -0.39 is 0 Å². The van der Waals surface area contributed by atoms with Gasteiger partial charge in [-0.05, 0) is 24.6 Å². The standard InChI is InChI=1S/C14H21N3O2/c1-4-8-15-14(19)17-12-7-5-6-11(9-12)16-13(18)10(2)3/h5-7,9-10H,4,8H2,1-3H3,(H,16,18)(H2,15,17,19). The van der Waals surface area contributed by atoms with Crippen molar-refractivity contribution in [3.05, 3.63) is 24.3 Å². The Labute approximate surface area is 113 Å². The first-order valence-electron chi connectivity index (χ1n) is 6.48. The summed E-state index contributed by atoms with van der Waals surface area (Å²) < 4.78 is 0. The lowest BCUT2D eigenvalue weighted by Gasteiger charge is -2.10. The molecular formula is C14H21N3O2. The van der Waals surface area contributed by atoms with Crippen molar-refractivity contribution >= 4 is 23.3 Å². The van der Waals surface area contributed by atoms with E-state index in [1.807, 2.05) is 20.8 Å². The molecule has 1 aromatic rings. The molecule has 5 nitrogen and oxygen atoms in total. The number of benzene rings is 1. The Balaban J connectivity index is 2.61. The quantitative estimate of drug-likeness (QED) is 0.764. The average molecular weight is 263 g/mol. The Morgan fingerprint density at radius 1 is 1.16 bits per heavy atom. The van der Waals surface area contributed by atoms with E-state index in [-0.39, 0.29) is 17.9 Å². The summed E-state index contributed by atoms with van der Waals surface area (Å²) in [6.45, 7) is 6.28. The molecule has 0 spiro atoms. The number of hydrogen-bond acceptors (Lipinski definition) is 2. The molecule has 3 amide bonds. The third kappa shape index (κ3) is 5.42. The number of amides is 3. The van der Waals surface area contributed by atoms with Gasteiger partial charge < -0.3 is 16.0 Å². The number of rotatable bonds is 5. The minimum absolute atomic E-state index is 0.0485.